The molecule has 0 unspecified atom stereocenters. The summed E-state index contributed by atoms with van der Waals surface area (Å²) in [6.45, 7) is 12.0. The van der Waals surface area contributed by atoms with E-state index in [2.05, 4.69) is 20.8 Å². The second-order valence-corrected chi connectivity index (χ2v) is 10.4. The van der Waals surface area contributed by atoms with Crippen molar-refractivity contribution < 1.29 is 23.8 Å². The number of benzene rings is 1. The van der Waals surface area contributed by atoms with E-state index >= 15 is 0 Å². The van der Waals surface area contributed by atoms with Crippen LogP contribution in [0.2, 0.25) is 0 Å². The van der Waals surface area contributed by atoms with Crippen LogP contribution in [-0.4, -0.2) is 35.4 Å². The Balaban J connectivity index is 1.92. The minimum atomic E-state index is -0.923. The topological polar surface area (TPSA) is 66.8 Å². The van der Waals surface area contributed by atoms with E-state index in [9.17, 15) is 9.59 Å². The fourth-order valence-corrected chi connectivity index (χ4v) is 4.69. The molecule has 0 amide bonds. The van der Waals surface area contributed by atoms with Crippen LogP contribution < -0.4 is 0 Å². The van der Waals surface area contributed by atoms with Crippen LogP contribution in [0.25, 0.3) is 10.9 Å². The van der Waals surface area contributed by atoms with Crippen molar-refractivity contribution in [2.45, 2.75) is 78.6 Å². The number of nitrogens with zero attached hydrogens (tertiary/aromatic N) is 1. The van der Waals surface area contributed by atoms with Crippen molar-refractivity contribution in [2.75, 3.05) is 7.11 Å². The maximum Gasteiger partial charge on any atom is 0.419 e. The maximum absolute atomic E-state index is 13.3. The highest BCUT2D eigenvalue weighted by atomic mass is 16.6. The van der Waals surface area contributed by atoms with Gasteiger partial charge >= 0.3 is 12.1 Å². The third-order valence-electron chi connectivity index (χ3n) is 6.29. The molecule has 1 aromatic heterocycles. The molecule has 1 fully saturated rings. The molecule has 1 aromatic carbocycles. The van der Waals surface area contributed by atoms with Crippen molar-refractivity contribution >= 4 is 23.0 Å². The summed E-state index contributed by atoms with van der Waals surface area (Å²) < 4.78 is 18.7. The molecule has 0 aliphatic heterocycles. The Morgan fingerprint density at radius 3 is 2.44 bits per heavy atom. The number of carbonyl (C=O) groups excluding carboxylic acids is 2. The first kappa shape index (κ1) is 24.3. The Kier molecular flexibility index (Phi) is 7.33. The number of aromatic nitrogens is 1. The van der Waals surface area contributed by atoms with E-state index in [0.29, 0.717) is 28.8 Å². The van der Waals surface area contributed by atoms with Crippen molar-refractivity contribution in [3.63, 3.8) is 0 Å². The van der Waals surface area contributed by atoms with Gasteiger partial charge in [0.05, 0.1) is 5.52 Å². The third-order valence-corrected chi connectivity index (χ3v) is 6.29. The van der Waals surface area contributed by atoms with E-state index in [-0.39, 0.29) is 6.10 Å². The molecule has 0 N–H and O–H groups in total. The predicted octanol–water partition coefficient (Wildman–Crippen LogP) is 6.12. The van der Waals surface area contributed by atoms with Crippen LogP contribution in [0.3, 0.4) is 0 Å². The van der Waals surface area contributed by atoms with Crippen LogP contribution in [0.1, 0.15) is 72.5 Å². The van der Waals surface area contributed by atoms with Crippen LogP contribution in [0.15, 0.2) is 30.5 Å². The Hall–Kier alpha value is -2.34. The minimum Gasteiger partial charge on any atom is -0.460 e. The van der Waals surface area contributed by atoms with Gasteiger partial charge in [-0.05, 0) is 57.4 Å². The van der Waals surface area contributed by atoms with E-state index in [0.717, 1.165) is 24.6 Å². The fourth-order valence-electron chi connectivity index (χ4n) is 4.69. The average Bonchev–Trinajstić information content (AvgIpc) is 3.07. The number of hydrogen-bond acceptors (Lipinski definition) is 5. The molecule has 1 heterocycles. The largest absolute Gasteiger partial charge is 0.460 e. The number of esters is 1. The first-order valence-electron chi connectivity index (χ1n) is 11.6. The molecule has 1 saturated carbocycles. The lowest BCUT2D eigenvalue weighted by Crippen LogP contribution is -2.37. The molecule has 6 nitrogen and oxygen atoms in total. The average molecular weight is 444 g/mol. The number of methoxy groups -OCH3 is 1. The van der Waals surface area contributed by atoms with Gasteiger partial charge in [-0.3, -0.25) is 4.57 Å². The molecule has 0 radical (unpaired) electrons. The number of fused-ring (bicyclic) bond motifs is 1. The Morgan fingerprint density at radius 1 is 1.12 bits per heavy atom. The van der Waals surface area contributed by atoms with Crippen LogP contribution in [0, 0.1) is 17.8 Å². The minimum absolute atomic E-state index is 0.122. The summed E-state index contributed by atoms with van der Waals surface area (Å²) in [5.41, 5.74) is 0.632. The first-order chi connectivity index (χ1) is 15.0. The van der Waals surface area contributed by atoms with Crippen molar-refractivity contribution in [1.29, 1.82) is 0 Å². The highest BCUT2D eigenvalue weighted by Crippen LogP contribution is 2.37. The standard InChI is InChI=1S/C26H37NO5/c1-16(2)18-13-12-17(3)14-22(18)31-24(28)23(30-7)20-15-27(25(29)32-26(4,5)6)21-11-9-8-10-19(20)21/h8-11,15-18,22-23H,12-14H2,1-7H3/t17-,18+,22-,23-/m1/s1. The fraction of sp³-hybridized carbons (Fsp3) is 0.615. The third kappa shape index (κ3) is 5.34. The number of ether oxygens (including phenoxy) is 3. The summed E-state index contributed by atoms with van der Waals surface area (Å²) in [5.74, 6) is 0.897. The molecule has 4 atom stereocenters. The monoisotopic (exact) mass is 443 g/mol. The van der Waals surface area contributed by atoms with Gasteiger partial charge in [0.25, 0.3) is 0 Å². The molecule has 0 saturated heterocycles. The Bertz CT molecular complexity index is 955. The van der Waals surface area contributed by atoms with E-state index < -0.39 is 23.8 Å². The van der Waals surface area contributed by atoms with Gasteiger partial charge < -0.3 is 14.2 Å². The molecule has 1 aliphatic carbocycles. The molecular formula is C26H37NO5. The zero-order valence-electron chi connectivity index (χ0n) is 20.4. The van der Waals surface area contributed by atoms with Crippen molar-refractivity contribution in [3.05, 3.63) is 36.0 Å². The van der Waals surface area contributed by atoms with E-state index in [1.165, 1.54) is 11.7 Å². The van der Waals surface area contributed by atoms with E-state index in [4.69, 9.17) is 14.2 Å². The lowest BCUT2D eigenvalue weighted by atomic mass is 9.75. The SMILES string of the molecule is CO[C@@H](C(=O)O[C@@H]1C[C@H](C)CC[C@H]1C(C)C)c1cn(C(=O)OC(C)(C)C)c2ccccc12. The highest BCUT2D eigenvalue weighted by Gasteiger charge is 2.36. The number of para-hydroxylation sites is 1. The normalized spacial score (nSPS) is 22.7. The van der Waals surface area contributed by atoms with Gasteiger partial charge in [0.1, 0.15) is 11.7 Å². The Labute approximate surface area is 191 Å². The second-order valence-electron chi connectivity index (χ2n) is 10.4. The summed E-state index contributed by atoms with van der Waals surface area (Å²) in [5, 5.41) is 0.764. The second kappa shape index (κ2) is 9.65. The molecule has 0 bridgehead atoms. The van der Waals surface area contributed by atoms with Crippen LogP contribution in [0.5, 0.6) is 0 Å². The first-order valence-corrected chi connectivity index (χ1v) is 11.6. The molecule has 176 valence electrons. The number of hydrogen-bond donors (Lipinski definition) is 0. The molecule has 32 heavy (non-hydrogen) atoms. The summed E-state index contributed by atoms with van der Waals surface area (Å²) in [7, 11) is 1.49. The van der Waals surface area contributed by atoms with Crippen LogP contribution in [0.4, 0.5) is 4.79 Å². The van der Waals surface area contributed by atoms with Gasteiger partial charge in [-0.2, -0.15) is 0 Å². The quantitative estimate of drug-likeness (QED) is 0.521. The van der Waals surface area contributed by atoms with Gasteiger partial charge in [0.2, 0.25) is 0 Å². The maximum atomic E-state index is 13.3. The van der Waals surface area contributed by atoms with Gasteiger partial charge in [-0.25, -0.2) is 9.59 Å². The van der Waals surface area contributed by atoms with Crippen molar-refractivity contribution in [2.24, 2.45) is 17.8 Å². The molecule has 1 aliphatic rings. The molecular weight excluding hydrogens is 406 g/mol. The van der Waals surface area contributed by atoms with Gasteiger partial charge in [-0.15, -0.1) is 0 Å². The zero-order valence-corrected chi connectivity index (χ0v) is 20.4. The summed E-state index contributed by atoms with van der Waals surface area (Å²) >= 11 is 0. The van der Waals surface area contributed by atoms with Gasteiger partial charge in [0.15, 0.2) is 6.10 Å². The summed E-state index contributed by atoms with van der Waals surface area (Å²) in [6.07, 6.45) is 3.18. The van der Waals surface area contributed by atoms with Crippen LogP contribution in [-0.2, 0) is 19.0 Å². The zero-order chi connectivity index (χ0) is 23.6. The number of carbonyl (C=O) groups is 2. The lowest BCUT2D eigenvalue weighted by Gasteiger charge is -2.37. The Morgan fingerprint density at radius 2 is 1.81 bits per heavy atom. The molecule has 3 rings (SSSR count). The smallest absolute Gasteiger partial charge is 0.419 e. The summed E-state index contributed by atoms with van der Waals surface area (Å²) in [4.78, 5) is 26.1. The van der Waals surface area contributed by atoms with Crippen molar-refractivity contribution in [3.8, 4) is 0 Å². The van der Waals surface area contributed by atoms with E-state index in [1.807, 2.05) is 45.0 Å². The number of rotatable bonds is 5. The predicted molar refractivity (Wildman–Crippen MR) is 125 cm³/mol. The van der Waals surface area contributed by atoms with E-state index in [1.54, 1.807) is 6.20 Å². The highest BCUT2D eigenvalue weighted by molar-refractivity contribution is 5.95. The molecule has 6 heteroatoms. The van der Waals surface area contributed by atoms with Crippen LogP contribution >= 0.6 is 0 Å². The van der Waals surface area contributed by atoms with Gasteiger partial charge in [0, 0.05) is 24.3 Å². The summed E-state index contributed by atoms with van der Waals surface area (Å²) in [6, 6.07) is 7.44. The molecule has 2 aromatic rings. The van der Waals surface area contributed by atoms with Crippen molar-refractivity contribution in [1.82, 2.24) is 4.57 Å². The molecule has 0 spiro atoms. The lowest BCUT2D eigenvalue weighted by molar-refractivity contribution is -0.168. The van der Waals surface area contributed by atoms with Gasteiger partial charge in [-0.1, -0.05) is 45.4 Å².